The van der Waals surface area contributed by atoms with Crippen molar-refractivity contribution in [2.75, 3.05) is 0 Å². The Balaban J connectivity index is 2.45. The van der Waals surface area contributed by atoms with E-state index in [-0.39, 0.29) is 0 Å². The maximum Gasteiger partial charge on any atom is 0.0305 e. The van der Waals surface area contributed by atoms with Gasteiger partial charge in [0, 0.05) is 12.4 Å². The summed E-state index contributed by atoms with van der Waals surface area (Å²) >= 11 is 0. The zero-order valence-electron chi connectivity index (χ0n) is 12.0. The summed E-state index contributed by atoms with van der Waals surface area (Å²) in [5, 5.41) is 0. The summed E-state index contributed by atoms with van der Waals surface area (Å²) < 4.78 is 0. The third-order valence-electron chi connectivity index (χ3n) is 4.09. The highest BCUT2D eigenvalue weighted by molar-refractivity contribution is 5.45. The number of nitrogens with zero attached hydrogens (tertiary/aromatic N) is 1. The summed E-state index contributed by atoms with van der Waals surface area (Å²) in [4.78, 5) is 4.43. The van der Waals surface area contributed by atoms with Gasteiger partial charge in [-0.3, -0.25) is 4.98 Å². The van der Waals surface area contributed by atoms with Crippen LogP contribution in [-0.2, 0) is 0 Å². The van der Waals surface area contributed by atoms with Gasteiger partial charge in [0.25, 0.3) is 0 Å². The first-order chi connectivity index (χ1) is 7.82. The minimum Gasteiger partial charge on any atom is -0.264 e. The van der Waals surface area contributed by atoms with E-state index in [1.54, 1.807) is 0 Å². The van der Waals surface area contributed by atoms with E-state index in [0.29, 0.717) is 17.3 Å². The lowest BCUT2D eigenvalue weighted by molar-refractivity contribution is 0.268. The first-order valence-electron chi connectivity index (χ1n) is 6.76. The molecule has 0 aliphatic heterocycles. The Morgan fingerprint density at radius 1 is 1.18 bits per heavy atom. The minimum atomic E-state index is 0.322. The number of aromatic nitrogens is 1. The fourth-order valence-electron chi connectivity index (χ4n) is 3.48. The molecule has 0 saturated heterocycles. The van der Waals surface area contributed by atoms with Crippen molar-refractivity contribution in [1.82, 2.24) is 4.98 Å². The van der Waals surface area contributed by atoms with E-state index in [1.807, 2.05) is 0 Å². The molecule has 0 radical (unpaired) electrons. The van der Waals surface area contributed by atoms with Gasteiger partial charge in [-0.1, -0.05) is 34.6 Å². The quantitative estimate of drug-likeness (QED) is 0.721. The lowest BCUT2D eigenvalue weighted by Crippen LogP contribution is -2.22. The van der Waals surface area contributed by atoms with E-state index >= 15 is 0 Å². The molecule has 1 aliphatic rings. The Morgan fingerprint density at radius 2 is 1.76 bits per heavy atom. The molecule has 1 nitrogen and oxygen atoms in total. The molecule has 0 saturated carbocycles. The van der Waals surface area contributed by atoms with Gasteiger partial charge in [-0.25, -0.2) is 0 Å². The first-order valence-corrected chi connectivity index (χ1v) is 6.76. The van der Waals surface area contributed by atoms with Crippen molar-refractivity contribution < 1.29 is 0 Å². The van der Waals surface area contributed by atoms with Gasteiger partial charge in [-0.05, 0) is 53.2 Å². The molecule has 0 N–H and O–H groups in total. The van der Waals surface area contributed by atoms with Crippen LogP contribution in [0.2, 0.25) is 0 Å². The minimum absolute atomic E-state index is 0.322. The largest absolute Gasteiger partial charge is 0.264 e. The lowest BCUT2D eigenvalue weighted by Gasteiger charge is -2.34. The maximum atomic E-state index is 4.43. The van der Waals surface area contributed by atoms with Gasteiger partial charge in [-0.2, -0.15) is 0 Å². The van der Waals surface area contributed by atoms with Gasteiger partial charge in [0.15, 0.2) is 0 Å². The van der Waals surface area contributed by atoms with Crippen molar-refractivity contribution in [3.8, 4) is 0 Å². The highest BCUT2D eigenvalue weighted by Crippen LogP contribution is 2.54. The maximum absolute atomic E-state index is 4.43. The summed E-state index contributed by atoms with van der Waals surface area (Å²) in [5.74, 6) is 2.06. The standard InChI is InChI=1S/C16H25N/c1-10(2)7-12-13-8-17-9-14(11(13)3)15(12)16(4,5)6/h8-10,12,15H,7H2,1-6H3. The van der Waals surface area contributed by atoms with E-state index in [0.717, 1.165) is 5.92 Å². The highest BCUT2D eigenvalue weighted by Gasteiger charge is 2.41. The molecule has 0 fully saturated rings. The molecular weight excluding hydrogens is 206 g/mol. The van der Waals surface area contributed by atoms with E-state index < -0.39 is 0 Å². The van der Waals surface area contributed by atoms with Crippen LogP contribution < -0.4 is 0 Å². The van der Waals surface area contributed by atoms with Crippen molar-refractivity contribution in [2.24, 2.45) is 11.3 Å². The Kier molecular flexibility index (Phi) is 3.05. The summed E-state index contributed by atoms with van der Waals surface area (Å²) in [6.45, 7) is 14.0. The molecule has 17 heavy (non-hydrogen) atoms. The summed E-state index contributed by atoms with van der Waals surface area (Å²) in [6.07, 6.45) is 5.46. The zero-order chi connectivity index (χ0) is 12.8. The average molecular weight is 231 g/mol. The number of hydrogen-bond donors (Lipinski definition) is 0. The van der Waals surface area contributed by atoms with Crippen LogP contribution in [0.3, 0.4) is 0 Å². The van der Waals surface area contributed by atoms with Gasteiger partial charge in [0.2, 0.25) is 0 Å². The molecular formula is C16H25N. The van der Waals surface area contributed by atoms with Crippen LogP contribution in [0.4, 0.5) is 0 Å². The van der Waals surface area contributed by atoms with Crippen LogP contribution in [-0.4, -0.2) is 4.98 Å². The van der Waals surface area contributed by atoms with Crippen molar-refractivity contribution in [3.05, 3.63) is 29.1 Å². The number of fused-ring (bicyclic) bond motifs is 2. The van der Waals surface area contributed by atoms with Crippen LogP contribution in [0.1, 0.15) is 69.6 Å². The predicted octanol–water partition coefficient (Wildman–Crippen LogP) is 4.66. The summed E-state index contributed by atoms with van der Waals surface area (Å²) in [5.41, 5.74) is 4.80. The third-order valence-corrected chi connectivity index (χ3v) is 4.09. The molecule has 1 aromatic rings. The summed E-state index contributed by atoms with van der Waals surface area (Å²) in [6, 6.07) is 0. The van der Waals surface area contributed by atoms with Gasteiger partial charge >= 0.3 is 0 Å². The van der Waals surface area contributed by atoms with E-state index in [4.69, 9.17) is 0 Å². The van der Waals surface area contributed by atoms with E-state index in [9.17, 15) is 0 Å². The fourth-order valence-corrected chi connectivity index (χ4v) is 3.48. The van der Waals surface area contributed by atoms with Gasteiger partial charge in [-0.15, -0.1) is 0 Å². The summed E-state index contributed by atoms with van der Waals surface area (Å²) in [7, 11) is 0. The molecule has 0 amide bonds. The molecule has 0 aromatic carbocycles. The molecule has 1 aromatic heterocycles. The predicted molar refractivity (Wildman–Crippen MR) is 73.4 cm³/mol. The number of rotatable bonds is 2. The second kappa shape index (κ2) is 4.12. The second-order valence-corrected chi connectivity index (χ2v) is 7.02. The zero-order valence-corrected chi connectivity index (χ0v) is 12.0. The molecule has 1 heterocycles. The topological polar surface area (TPSA) is 12.9 Å². The molecule has 2 bridgehead atoms. The van der Waals surface area contributed by atoms with Crippen LogP contribution >= 0.6 is 0 Å². The van der Waals surface area contributed by atoms with E-state index in [1.165, 1.54) is 23.1 Å². The molecule has 2 rings (SSSR count). The molecule has 94 valence electrons. The molecule has 1 heteroatoms. The van der Waals surface area contributed by atoms with Crippen LogP contribution in [0.15, 0.2) is 12.4 Å². The third kappa shape index (κ3) is 2.12. The average Bonchev–Trinajstić information content (AvgIpc) is 2.35. The smallest absolute Gasteiger partial charge is 0.0305 e. The molecule has 1 aliphatic carbocycles. The van der Waals surface area contributed by atoms with Crippen molar-refractivity contribution in [2.45, 2.75) is 59.8 Å². The molecule has 2 unspecified atom stereocenters. The Morgan fingerprint density at radius 3 is 2.29 bits per heavy atom. The first kappa shape index (κ1) is 12.6. The highest BCUT2D eigenvalue weighted by atomic mass is 14.7. The molecule has 0 spiro atoms. The van der Waals surface area contributed by atoms with Crippen LogP contribution in [0, 0.1) is 18.3 Å². The van der Waals surface area contributed by atoms with Crippen LogP contribution in [0.5, 0.6) is 0 Å². The fraction of sp³-hybridized carbons (Fsp3) is 0.688. The van der Waals surface area contributed by atoms with Crippen molar-refractivity contribution in [1.29, 1.82) is 0 Å². The Bertz CT molecular complexity index is 412. The Labute approximate surface area is 106 Å². The van der Waals surface area contributed by atoms with Gasteiger partial charge < -0.3 is 0 Å². The number of hydrogen-bond acceptors (Lipinski definition) is 1. The second-order valence-electron chi connectivity index (χ2n) is 7.02. The lowest BCUT2D eigenvalue weighted by atomic mass is 9.70. The molecule has 2 atom stereocenters. The van der Waals surface area contributed by atoms with Gasteiger partial charge in [0.05, 0.1) is 0 Å². The SMILES string of the molecule is Cc1c2cncc1C(C(C)(C)C)C2CC(C)C. The van der Waals surface area contributed by atoms with Crippen molar-refractivity contribution >= 4 is 0 Å². The normalized spacial score (nSPS) is 23.5. The number of pyridine rings is 1. The van der Waals surface area contributed by atoms with E-state index in [2.05, 4.69) is 58.9 Å². The van der Waals surface area contributed by atoms with Gasteiger partial charge in [0.1, 0.15) is 0 Å². The van der Waals surface area contributed by atoms with Crippen molar-refractivity contribution in [3.63, 3.8) is 0 Å². The van der Waals surface area contributed by atoms with Crippen LogP contribution in [0.25, 0.3) is 0 Å². The Hall–Kier alpha value is -0.850. The monoisotopic (exact) mass is 231 g/mol.